The van der Waals surface area contributed by atoms with E-state index >= 15 is 0 Å². The molecular formula is C13H24N2. The quantitative estimate of drug-likeness (QED) is 0.560. The van der Waals surface area contributed by atoms with Crippen LogP contribution in [0, 0.1) is 0 Å². The predicted molar refractivity (Wildman–Crippen MR) is 63.2 cm³/mol. The first-order valence-corrected chi connectivity index (χ1v) is 6.85. The van der Waals surface area contributed by atoms with Crippen molar-refractivity contribution in [3.63, 3.8) is 0 Å². The summed E-state index contributed by atoms with van der Waals surface area (Å²) in [5, 5.41) is 9.15. The summed E-state index contributed by atoms with van der Waals surface area (Å²) in [5.74, 6) is 0. The van der Waals surface area contributed by atoms with E-state index in [2.05, 4.69) is 10.2 Å². The highest BCUT2D eigenvalue weighted by molar-refractivity contribution is 4.73. The summed E-state index contributed by atoms with van der Waals surface area (Å²) < 4.78 is 0. The molecule has 2 unspecified atom stereocenters. The standard InChI is InChI=1S/C13H24N2/c1-2-4-8-12-10-6-7-11-13(15-14-12)9-5-3-1/h12-13H,1-11H2. The highest BCUT2D eigenvalue weighted by Gasteiger charge is 2.15. The molecule has 0 saturated carbocycles. The van der Waals surface area contributed by atoms with Crippen LogP contribution in [0.5, 0.6) is 0 Å². The van der Waals surface area contributed by atoms with E-state index in [0.717, 1.165) is 0 Å². The van der Waals surface area contributed by atoms with Gasteiger partial charge in [-0.15, -0.1) is 0 Å². The van der Waals surface area contributed by atoms with Crippen molar-refractivity contribution in [1.29, 1.82) is 0 Å². The summed E-state index contributed by atoms with van der Waals surface area (Å²) in [7, 11) is 0. The van der Waals surface area contributed by atoms with Gasteiger partial charge in [0.05, 0.1) is 12.1 Å². The van der Waals surface area contributed by atoms with E-state index in [1.54, 1.807) is 0 Å². The molecule has 15 heavy (non-hydrogen) atoms. The lowest BCUT2D eigenvalue weighted by Gasteiger charge is -2.17. The summed E-state index contributed by atoms with van der Waals surface area (Å²) in [6, 6.07) is 1.12. The van der Waals surface area contributed by atoms with E-state index < -0.39 is 0 Å². The Balaban J connectivity index is 1.96. The Labute approximate surface area is 93.6 Å². The Morgan fingerprint density at radius 1 is 0.467 bits per heavy atom. The number of hydrogen-bond donors (Lipinski definition) is 0. The van der Waals surface area contributed by atoms with Gasteiger partial charge >= 0.3 is 0 Å². The average Bonchev–Trinajstić information content (AvgIpc) is 2.24. The van der Waals surface area contributed by atoms with Gasteiger partial charge in [-0.1, -0.05) is 44.9 Å². The van der Waals surface area contributed by atoms with Crippen LogP contribution in [-0.2, 0) is 0 Å². The van der Waals surface area contributed by atoms with Crippen LogP contribution in [0.3, 0.4) is 0 Å². The Hall–Kier alpha value is -0.400. The molecule has 0 saturated heterocycles. The third-order valence-corrected chi connectivity index (χ3v) is 3.79. The summed E-state index contributed by atoms with van der Waals surface area (Å²) in [6.07, 6.45) is 14.9. The van der Waals surface area contributed by atoms with Crippen molar-refractivity contribution in [1.82, 2.24) is 0 Å². The number of rotatable bonds is 0. The molecule has 0 aromatic rings. The van der Waals surface area contributed by atoms with Gasteiger partial charge in [-0.25, -0.2) is 0 Å². The van der Waals surface area contributed by atoms with E-state index in [1.807, 2.05) is 0 Å². The number of azo groups is 1. The molecule has 2 aliphatic rings. The Bertz CT molecular complexity index is 181. The molecule has 2 nitrogen and oxygen atoms in total. The first kappa shape index (κ1) is 11.1. The van der Waals surface area contributed by atoms with E-state index in [-0.39, 0.29) is 0 Å². The smallest absolute Gasteiger partial charge is 0.0708 e. The largest absolute Gasteiger partial charge is 0.191 e. The average molecular weight is 208 g/mol. The normalized spacial score (nSPS) is 34.1. The third kappa shape index (κ3) is 3.92. The lowest BCUT2D eigenvalue weighted by molar-refractivity contribution is 0.420. The lowest BCUT2D eigenvalue weighted by Crippen LogP contribution is -2.11. The van der Waals surface area contributed by atoms with E-state index in [9.17, 15) is 0 Å². The molecule has 0 amide bonds. The minimum absolute atomic E-state index is 0.561. The Morgan fingerprint density at radius 3 is 1.27 bits per heavy atom. The zero-order chi connectivity index (χ0) is 10.3. The number of hydrogen-bond acceptors (Lipinski definition) is 2. The van der Waals surface area contributed by atoms with E-state index in [0.29, 0.717) is 12.1 Å². The van der Waals surface area contributed by atoms with Crippen LogP contribution in [0.25, 0.3) is 0 Å². The van der Waals surface area contributed by atoms with Crippen molar-refractivity contribution in [2.75, 3.05) is 0 Å². The van der Waals surface area contributed by atoms with Gasteiger partial charge in [-0.05, 0) is 25.7 Å². The van der Waals surface area contributed by atoms with Gasteiger partial charge in [-0.3, -0.25) is 0 Å². The fourth-order valence-corrected chi connectivity index (χ4v) is 2.76. The van der Waals surface area contributed by atoms with Crippen LogP contribution in [-0.4, -0.2) is 12.1 Å². The molecule has 2 heteroatoms. The first-order chi connectivity index (χ1) is 7.45. The zero-order valence-corrected chi connectivity index (χ0v) is 9.83. The highest BCUT2D eigenvalue weighted by atomic mass is 15.1. The molecule has 0 spiro atoms. The van der Waals surface area contributed by atoms with Gasteiger partial charge in [-0.2, -0.15) is 10.2 Å². The molecule has 2 heterocycles. The molecule has 2 bridgehead atoms. The van der Waals surface area contributed by atoms with Crippen molar-refractivity contribution >= 4 is 0 Å². The fraction of sp³-hybridized carbons (Fsp3) is 1.00. The van der Waals surface area contributed by atoms with Gasteiger partial charge in [0.1, 0.15) is 0 Å². The molecule has 2 rings (SSSR count). The Morgan fingerprint density at radius 2 is 0.800 bits per heavy atom. The van der Waals surface area contributed by atoms with E-state index in [4.69, 9.17) is 0 Å². The Kier molecular flexibility index (Phi) is 4.62. The van der Waals surface area contributed by atoms with Crippen molar-refractivity contribution in [2.24, 2.45) is 10.2 Å². The molecule has 0 aromatic heterocycles. The lowest BCUT2D eigenvalue weighted by atomic mass is 10.00. The monoisotopic (exact) mass is 208 g/mol. The topological polar surface area (TPSA) is 24.7 Å². The fourth-order valence-electron chi connectivity index (χ4n) is 2.76. The summed E-state index contributed by atoms with van der Waals surface area (Å²) in [6.45, 7) is 0. The van der Waals surface area contributed by atoms with Gasteiger partial charge in [0.25, 0.3) is 0 Å². The predicted octanol–water partition coefficient (Wildman–Crippen LogP) is 4.49. The first-order valence-electron chi connectivity index (χ1n) is 6.85. The zero-order valence-electron chi connectivity index (χ0n) is 9.83. The number of fused-ring (bicyclic) bond motifs is 2. The van der Waals surface area contributed by atoms with Crippen molar-refractivity contribution in [3.05, 3.63) is 0 Å². The van der Waals surface area contributed by atoms with Crippen LogP contribution in [0.15, 0.2) is 10.2 Å². The highest BCUT2D eigenvalue weighted by Crippen LogP contribution is 2.23. The molecule has 2 atom stereocenters. The summed E-state index contributed by atoms with van der Waals surface area (Å²) in [5.41, 5.74) is 0. The van der Waals surface area contributed by atoms with Crippen LogP contribution < -0.4 is 0 Å². The van der Waals surface area contributed by atoms with Gasteiger partial charge < -0.3 is 0 Å². The molecule has 86 valence electrons. The van der Waals surface area contributed by atoms with Crippen LogP contribution in [0.2, 0.25) is 0 Å². The minimum atomic E-state index is 0.561. The molecule has 0 fully saturated rings. The molecule has 0 radical (unpaired) electrons. The van der Waals surface area contributed by atoms with Gasteiger partial charge in [0.2, 0.25) is 0 Å². The molecule has 0 aromatic carbocycles. The van der Waals surface area contributed by atoms with Crippen LogP contribution in [0.4, 0.5) is 0 Å². The molecular weight excluding hydrogens is 184 g/mol. The van der Waals surface area contributed by atoms with Crippen molar-refractivity contribution in [2.45, 2.75) is 82.7 Å². The number of nitrogens with zero attached hydrogens (tertiary/aromatic N) is 2. The van der Waals surface area contributed by atoms with Crippen molar-refractivity contribution < 1.29 is 0 Å². The second kappa shape index (κ2) is 6.24. The maximum Gasteiger partial charge on any atom is 0.0708 e. The second-order valence-electron chi connectivity index (χ2n) is 5.17. The van der Waals surface area contributed by atoms with Gasteiger partial charge in [0, 0.05) is 0 Å². The molecule has 0 aliphatic carbocycles. The van der Waals surface area contributed by atoms with Crippen LogP contribution in [0.1, 0.15) is 70.6 Å². The van der Waals surface area contributed by atoms with Crippen LogP contribution >= 0.6 is 0 Å². The molecule has 2 aliphatic heterocycles. The maximum absolute atomic E-state index is 4.57. The minimum Gasteiger partial charge on any atom is -0.191 e. The van der Waals surface area contributed by atoms with Gasteiger partial charge in [0.15, 0.2) is 0 Å². The maximum atomic E-state index is 4.57. The van der Waals surface area contributed by atoms with E-state index in [1.165, 1.54) is 70.6 Å². The van der Waals surface area contributed by atoms with Crippen molar-refractivity contribution in [3.8, 4) is 0 Å². The molecule has 0 N–H and O–H groups in total. The SMILES string of the molecule is C1CCCC2CCCCC(CCC1)N=N2. The summed E-state index contributed by atoms with van der Waals surface area (Å²) in [4.78, 5) is 0. The third-order valence-electron chi connectivity index (χ3n) is 3.79. The second-order valence-corrected chi connectivity index (χ2v) is 5.17. The summed E-state index contributed by atoms with van der Waals surface area (Å²) >= 11 is 0.